The van der Waals surface area contributed by atoms with Gasteiger partial charge in [0.2, 0.25) is 17.7 Å². The molecule has 4 amide bonds. The molecule has 2 unspecified atom stereocenters. The van der Waals surface area contributed by atoms with Gasteiger partial charge in [0.05, 0.1) is 50.2 Å². The van der Waals surface area contributed by atoms with Gasteiger partial charge in [-0.25, -0.2) is 0 Å². The number of aliphatic hydroxyl groups excluding tert-OH is 1. The highest BCUT2D eigenvalue weighted by Gasteiger charge is 2.67. The molecule has 288 valence electrons. The van der Waals surface area contributed by atoms with E-state index in [4.69, 9.17) is 14.2 Å². The van der Waals surface area contributed by atoms with Crippen LogP contribution in [0.2, 0.25) is 18.6 Å². The fourth-order valence-electron chi connectivity index (χ4n) is 9.13. The number of hydrogen-bond acceptors (Lipinski definition) is 11. The maximum atomic E-state index is 15.1. The first-order valence-corrected chi connectivity index (χ1v) is 21.4. The van der Waals surface area contributed by atoms with Crippen molar-refractivity contribution >= 4 is 60.9 Å². The lowest BCUT2D eigenvalue weighted by Gasteiger charge is -2.39. The first-order chi connectivity index (χ1) is 25.5. The number of β-lactam (4-membered cyclic amide) rings is 2. The van der Waals surface area contributed by atoms with Gasteiger partial charge in [-0.15, -0.1) is 0 Å². The standard InChI is InChI=1S/C38H46N4O11Si/c1-21-36(54(4,5)50)30(16-31(46)39-14-6-7-27(39)20-43)53-38(21)28-15-26(42-33(48)18-35(42)52-23(3)45)12-13-29(28)40(37(38)49)19-24-8-10-25(11-9-24)41-32(47)17-34(41)51-22(2)44/h8-13,15,21,27,30,34-36,43,50H,6-7,14,16-20H2,1-5H3/t21-,27-,30+,34?,35?,36-,38+/m0/s1. The minimum Gasteiger partial charge on any atom is -0.441 e. The van der Waals surface area contributed by atoms with Crippen LogP contribution in [-0.4, -0.2) is 96.4 Å². The number of amides is 4. The highest BCUT2D eigenvalue weighted by atomic mass is 28.4. The number of carbonyl (C=O) groups is 6. The SMILES string of the molecule is CC(=O)OC1CC(=O)N1c1ccc(CN2C(=O)[C@]3(O[C@H](CC(=O)N4CCC[C@H]4CO)[C@@H]([Si](C)(C)O)[C@@H]3C)c3cc(N4C(=O)CC4OC(C)=O)ccc32)cc1. The molecule has 5 aliphatic heterocycles. The van der Waals surface area contributed by atoms with Crippen molar-refractivity contribution in [2.75, 3.05) is 27.9 Å². The molecule has 5 aliphatic rings. The Morgan fingerprint density at radius 1 is 0.926 bits per heavy atom. The average Bonchev–Trinajstić information content (AvgIpc) is 3.75. The van der Waals surface area contributed by atoms with Crippen LogP contribution in [-0.2, 0) is 55.1 Å². The Morgan fingerprint density at radius 2 is 1.52 bits per heavy atom. The Labute approximate surface area is 313 Å². The molecule has 0 bridgehead atoms. The maximum Gasteiger partial charge on any atom is 0.304 e. The third-order valence-corrected chi connectivity index (χ3v) is 14.0. The molecule has 2 aromatic carbocycles. The van der Waals surface area contributed by atoms with Gasteiger partial charge in [0.15, 0.2) is 26.4 Å². The molecule has 2 N–H and O–H groups in total. The van der Waals surface area contributed by atoms with Gasteiger partial charge in [0.25, 0.3) is 5.91 Å². The van der Waals surface area contributed by atoms with Crippen LogP contribution in [0.5, 0.6) is 0 Å². The lowest BCUT2D eigenvalue weighted by atomic mass is 9.82. The van der Waals surface area contributed by atoms with E-state index in [9.17, 15) is 33.9 Å². The van der Waals surface area contributed by atoms with Gasteiger partial charge in [-0.1, -0.05) is 19.1 Å². The Morgan fingerprint density at radius 3 is 2.07 bits per heavy atom. The van der Waals surface area contributed by atoms with E-state index in [1.165, 1.54) is 23.6 Å². The summed E-state index contributed by atoms with van der Waals surface area (Å²) in [6.07, 6.45) is -0.841. The molecule has 2 aromatic rings. The second kappa shape index (κ2) is 13.9. The second-order valence-electron chi connectivity index (χ2n) is 15.5. The largest absolute Gasteiger partial charge is 0.441 e. The molecular weight excluding hydrogens is 717 g/mol. The van der Waals surface area contributed by atoms with Gasteiger partial charge in [0, 0.05) is 48.8 Å². The highest BCUT2D eigenvalue weighted by Crippen LogP contribution is 2.60. The molecule has 7 atom stereocenters. The van der Waals surface area contributed by atoms with Gasteiger partial charge in [-0.3, -0.25) is 38.6 Å². The first-order valence-electron chi connectivity index (χ1n) is 18.4. The van der Waals surface area contributed by atoms with E-state index in [0.29, 0.717) is 35.6 Å². The number of benzene rings is 2. The minimum atomic E-state index is -3.13. The summed E-state index contributed by atoms with van der Waals surface area (Å²) in [6.45, 7) is 8.40. The lowest BCUT2D eigenvalue weighted by Crippen LogP contribution is -2.55. The zero-order chi connectivity index (χ0) is 38.9. The van der Waals surface area contributed by atoms with Crippen LogP contribution in [0, 0.1) is 5.92 Å². The van der Waals surface area contributed by atoms with Crippen LogP contribution in [0.3, 0.4) is 0 Å². The van der Waals surface area contributed by atoms with Crippen LogP contribution in [0.4, 0.5) is 17.1 Å². The molecule has 5 heterocycles. The number of esters is 2. The molecule has 54 heavy (non-hydrogen) atoms. The molecule has 1 spiro atoms. The van der Waals surface area contributed by atoms with Gasteiger partial charge in [-0.2, -0.15) is 0 Å². The van der Waals surface area contributed by atoms with Crippen molar-refractivity contribution in [3.05, 3.63) is 53.6 Å². The zero-order valence-electron chi connectivity index (χ0n) is 31.0. The van der Waals surface area contributed by atoms with E-state index in [-0.39, 0.29) is 56.2 Å². The number of nitrogens with zero attached hydrogens (tertiary/aromatic N) is 4. The molecule has 7 rings (SSSR count). The summed E-state index contributed by atoms with van der Waals surface area (Å²) in [5.41, 5.74) is 0.476. The first kappa shape index (κ1) is 37.7. The van der Waals surface area contributed by atoms with Crippen molar-refractivity contribution in [3.63, 3.8) is 0 Å². The topological polar surface area (TPSA) is 184 Å². The number of aliphatic hydroxyl groups is 1. The highest BCUT2D eigenvalue weighted by molar-refractivity contribution is 6.71. The van der Waals surface area contributed by atoms with Gasteiger partial charge < -0.3 is 33.9 Å². The Kier molecular flexibility index (Phi) is 9.69. The summed E-state index contributed by atoms with van der Waals surface area (Å²) in [5, 5.41) is 9.93. The Hall–Kier alpha value is -4.64. The summed E-state index contributed by atoms with van der Waals surface area (Å²) in [7, 11) is -3.13. The summed E-state index contributed by atoms with van der Waals surface area (Å²) in [5.74, 6) is -2.69. The molecular formula is C38H46N4O11Si. The Balaban J connectivity index is 1.25. The molecule has 0 aliphatic carbocycles. The van der Waals surface area contributed by atoms with E-state index in [1.54, 1.807) is 65.4 Å². The number of likely N-dealkylation sites (tertiary alicyclic amines) is 1. The predicted molar refractivity (Wildman–Crippen MR) is 195 cm³/mol. The van der Waals surface area contributed by atoms with Gasteiger partial charge >= 0.3 is 11.9 Å². The number of rotatable bonds is 10. The summed E-state index contributed by atoms with van der Waals surface area (Å²) < 4.78 is 17.5. The summed E-state index contributed by atoms with van der Waals surface area (Å²) in [6, 6.07) is 11.8. The van der Waals surface area contributed by atoms with Crippen LogP contribution in [0.25, 0.3) is 0 Å². The van der Waals surface area contributed by atoms with E-state index in [0.717, 1.165) is 12.0 Å². The summed E-state index contributed by atoms with van der Waals surface area (Å²) in [4.78, 5) is 95.3. The van der Waals surface area contributed by atoms with Crippen molar-refractivity contribution in [2.24, 2.45) is 5.92 Å². The lowest BCUT2D eigenvalue weighted by molar-refractivity contribution is -0.155. The number of ether oxygens (including phenoxy) is 3. The third-order valence-electron chi connectivity index (χ3n) is 11.5. The van der Waals surface area contributed by atoms with E-state index in [1.807, 2.05) is 6.92 Å². The quantitative estimate of drug-likeness (QED) is 0.206. The monoisotopic (exact) mass is 762 g/mol. The van der Waals surface area contributed by atoms with E-state index >= 15 is 4.79 Å². The van der Waals surface area contributed by atoms with Gasteiger partial charge in [0.1, 0.15) is 0 Å². The van der Waals surface area contributed by atoms with Crippen LogP contribution < -0.4 is 14.7 Å². The molecule has 15 nitrogen and oxygen atoms in total. The minimum absolute atomic E-state index is 0.0162. The average molecular weight is 763 g/mol. The maximum absolute atomic E-state index is 15.1. The number of carbonyl (C=O) groups excluding carboxylic acids is 6. The zero-order valence-corrected chi connectivity index (χ0v) is 32.0. The van der Waals surface area contributed by atoms with Crippen molar-refractivity contribution in [2.45, 2.75) is 108 Å². The van der Waals surface area contributed by atoms with E-state index in [2.05, 4.69) is 0 Å². The van der Waals surface area contributed by atoms with Crippen molar-refractivity contribution in [1.82, 2.24) is 4.90 Å². The fourth-order valence-corrected chi connectivity index (χ4v) is 11.7. The van der Waals surface area contributed by atoms with Gasteiger partial charge in [-0.05, 0) is 61.8 Å². The van der Waals surface area contributed by atoms with Crippen molar-refractivity contribution in [1.29, 1.82) is 0 Å². The third kappa shape index (κ3) is 6.27. The number of fused-ring (bicyclic) bond motifs is 2. The van der Waals surface area contributed by atoms with Crippen LogP contribution in [0.15, 0.2) is 42.5 Å². The predicted octanol–water partition coefficient (Wildman–Crippen LogP) is 2.66. The fraction of sp³-hybridized carbons (Fsp3) is 0.526. The van der Waals surface area contributed by atoms with Crippen LogP contribution in [0.1, 0.15) is 64.0 Å². The number of anilines is 3. The molecule has 4 fully saturated rings. The normalized spacial score (nSPS) is 29.1. The molecule has 16 heteroatoms. The second-order valence-corrected chi connectivity index (χ2v) is 19.4. The molecule has 4 saturated heterocycles. The molecule has 0 aromatic heterocycles. The molecule has 0 radical (unpaired) electrons. The van der Waals surface area contributed by atoms with Crippen LogP contribution >= 0.6 is 0 Å². The Bertz CT molecular complexity index is 1900. The van der Waals surface area contributed by atoms with Crippen molar-refractivity contribution in [3.8, 4) is 0 Å². The van der Waals surface area contributed by atoms with E-state index < -0.39 is 61.8 Å². The molecule has 0 saturated carbocycles. The smallest absolute Gasteiger partial charge is 0.304 e. The number of hydrogen-bond donors (Lipinski definition) is 2. The summed E-state index contributed by atoms with van der Waals surface area (Å²) >= 11 is 0. The van der Waals surface area contributed by atoms with Crippen molar-refractivity contribution < 1.29 is 52.9 Å².